The van der Waals surface area contributed by atoms with E-state index in [0.717, 1.165) is 16.2 Å². The lowest BCUT2D eigenvalue weighted by Crippen LogP contribution is -2.09. The van der Waals surface area contributed by atoms with Gasteiger partial charge in [0.05, 0.1) is 5.56 Å². The second-order valence-electron chi connectivity index (χ2n) is 3.99. The zero-order chi connectivity index (χ0) is 14.6. The van der Waals surface area contributed by atoms with Gasteiger partial charge < -0.3 is 5.32 Å². The van der Waals surface area contributed by atoms with E-state index in [0.29, 0.717) is 24.3 Å². The van der Waals surface area contributed by atoms with E-state index in [1.54, 1.807) is 18.2 Å². The lowest BCUT2D eigenvalue weighted by Gasteiger charge is -2.03. The molecule has 6 nitrogen and oxygen atoms in total. The largest absolute Gasteiger partial charge is 0.370 e. The number of hydrogen-bond acceptors (Lipinski definition) is 6. The molecule has 3 N–H and O–H groups in total. The zero-order valence-electron chi connectivity index (χ0n) is 10.4. The summed E-state index contributed by atoms with van der Waals surface area (Å²) in [5.74, 6) is 0.673. The van der Waals surface area contributed by atoms with E-state index in [9.17, 15) is 8.42 Å². The molecule has 2 heterocycles. The van der Waals surface area contributed by atoms with Crippen molar-refractivity contribution in [2.24, 2.45) is 5.14 Å². The molecule has 0 unspecified atom stereocenters. The van der Waals surface area contributed by atoms with Gasteiger partial charge in [0.2, 0.25) is 10.0 Å². The number of thiophene rings is 1. The predicted molar refractivity (Wildman–Crippen MR) is 76.8 cm³/mol. The van der Waals surface area contributed by atoms with Crippen molar-refractivity contribution in [3.8, 4) is 6.07 Å². The molecule has 2 rings (SSSR count). The number of pyridine rings is 1. The average molecular weight is 308 g/mol. The summed E-state index contributed by atoms with van der Waals surface area (Å²) in [6.45, 7) is 0.615. The van der Waals surface area contributed by atoms with Crippen LogP contribution in [0.1, 0.15) is 10.4 Å². The number of hydrogen-bond donors (Lipinski definition) is 2. The van der Waals surface area contributed by atoms with Crippen LogP contribution in [0.3, 0.4) is 0 Å². The van der Waals surface area contributed by atoms with Gasteiger partial charge in [0, 0.05) is 17.6 Å². The molecule has 2 aromatic rings. The first-order valence-electron chi connectivity index (χ1n) is 5.70. The van der Waals surface area contributed by atoms with Gasteiger partial charge in [-0.3, -0.25) is 0 Å². The van der Waals surface area contributed by atoms with E-state index in [1.165, 1.54) is 12.3 Å². The molecule has 20 heavy (non-hydrogen) atoms. The first-order chi connectivity index (χ1) is 9.49. The van der Waals surface area contributed by atoms with Gasteiger partial charge >= 0.3 is 0 Å². The Bertz CT molecular complexity index is 730. The number of rotatable bonds is 5. The van der Waals surface area contributed by atoms with E-state index >= 15 is 0 Å². The molecular formula is C12H12N4O2S2. The summed E-state index contributed by atoms with van der Waals surface area (Å²) in [6.07, 6.45) is 2.16. The van der Waals surface area contributed by atoms with Crippen molar-refractivity contribution in [1.82, 2.24) is 4.98 Å². The van der Waals surface area contributed by atoms with Gasteiger partial charge in [-0.2, -0.15) is 5.26 Å². The molecule has 0 bridgehead atoms. The lowest BCUT2D eigenvalue weighted by atomic mass is 10.3. The normalized spacial score (nSPS) is 11.0. The molecule has 0 saturated heterocycles. The van der Waals surface area contributed by atoms with E-state index in [1.807, 2.05) is 6.07 Å². The second kappa shape index (κ2) is 6.00. The van der Waals surface area contributed by atoms with Gasteiger partial charge in [0.15, 0.2) is 0 Å². The molecule has 104 valence electrons. The zero-order valence-corrected chi connectivity index (χ0v) is 12.0. The minimum absolute atomic E-state index is 0.170. The van der Waals surface area contributed by atoms with Crippen molar-refractivity contribution in [3.05, 3.63) is 40.9 Å². The van der Waals surface area contributed by atoms with Gasteiger partial charge in [-0.25, -0.2) is 18.5 Å². The first kappa shape index (κ1) is 14.5. The highest BCUT2D eigenvalue weighted by Gasteiger charge is 2.10. The molecule has 0 aliphatic rings. The van der Waals surface area contributed by atoms with E-state index in [4.69, 9.17) is 10.4 Å². The van der Waals surface area contributed by atoms with Crippen LogP contribution in [-0.4, -0.2) is 19.9 Å². The summed E-state index contributed by atoms with van der Waals surface area (Å²) in [5.41, 5.74) is 0.506. The van der Waals surface area contributed by atoms with Crippen molar-refractivity contribution in [2.45, 2.75) is 10.6 Å². The monoisotopic (exact) mass is 308 g/mol. The summed E-state index contributed by atoms with van der Waals surface area (Å²) in [7, 11) is -3.61. The van der Waals surface area contributed by atoms with E-state index in [-0.39, 0.29) is 4.21 Å². The van der Waals surface area contributed by atoms with Crippen LogP contribution in [0.2, 0.25) is 0 Å². The number of nitrogens with two attached hydrogens (primary N) is 1. The van der Waals surface area contributed by atoms with Crippen molar-refractivity contribution in [2.75, 3.05) is 11.9 Å². The topological polar surface area (TPSA) is 109 Å². The molecule has 0 radical (unpaired) electrons. The second-order valence-corrected chi connectivity index (χ2v) is 6.94. The Hall–Kier alpha value is -1.95. The fourth-order valence-corrected chi connectivity index (χ4v) is 3.30. The summed E-state index contributed by atoms with van der Waals surface area (Å²) >= 11 is 1.16. The molecule has 0 aliphatic carbocycles. The summed E-state index contributed by atoms with van der Waals surface area (Å²) in [4.78, 5) is 5.01. The highest BCUT2D eigenvalue weighted by atomic mass is 32.2. The average Bonchev–Trinajstić information content (AvgIpc) is 2.88. The van der Waals surface area contributed by atoms with E-state index in [2.05, 4.69) is 10.3 Å². The molecule has 0 fully saturated rings. The highest BCUT2D eigenvalue weighted by molar-refractivity contribution is 7.91. The third-order valence-electron chi connectivity index (χ3n) is 2.49. The SMILES string of the molecule is N#Cc1ccc(NCCc2ccc(S(N)(=O)=O)s2)nc1. The number of nitriles is 1. The lowest BCUT2D eigenvalue weighted by molar-refractivity contribution is 0.600. The van der Waals surface area contributed by atoms with Gasteiger partial charge in [-0.15, -0.1) is 11.3 Å². The van der Waals surface area contributed by atoms with E-state index < -0.39 is 10.0 Å². The molecule has 0 aliphatic heterocycles. The Morgan fingerprint density at radius 3 is 2.70 bits per heavy atom. The highest BCUT2D eigenvalue weighted by Crippen LogP contribution is 2.20. The van der Waals surface area contributed by atoms with Crippen molar-refractivity contribution >= 4 is 27.2 Å². The van der Waals surface area contributed by atoms with Crippen LogP contribution in [0, 0.1) is 11.3 Å². The number of aromatic nitrogens is 1. The minimum atomic E-state index is -3.61. The van der Waals surface area contributed by atoms with Crippen LogP contribution in [0.15, 0.2) is 34.7 Å². The molecular weight excluding hydrogens is 296 g/mol. The fraction of sp³-hybridized carbons (Fsp3) is 0.167. The quantitative estimate of drug-likeness (QED) is 0.865. The Kier molecular flexibility index (Phi) is 4.34. The number of primary sulfonamides is 1. The molecule has 0 saturated carbocycles. The van der Waals surface area contributed by atoms with Gasteiger partial charge in [0.25, 0.3) is 0 Å². The summed E-state index contributed by atoms with van der Waals surface area (Å²) in [5, 5.41) is 16.8. The van der Waals surface area contributed by atoms with Crippen LogP contribution in [0.4, 0.5) is 5.82 Å². The molecule has 0 spiro atoms. The first-order valence-corrected chi connectivity index (χ1v) is 8.07. The number of nitrogens with one attached hydrogen (secondary N) is 1. The maximum atomic E-state index is 11.1. The number of anilines is 1. The maximum Gasteiger partial charge on any atom is 0.247 e. The molecule has 8 heteroatoms. The molecule has 2 aromatic heterocycles. The number of nitrogens with zero attached hydrogens (tertiary/aromatic N) is 2. The van der Waals surface area contributed by atoms with Gasteiger partial charge in [-0.1, -0.05) is 0 Å². The van der Waals surface area contributed by atoms with Crippen LogP contribution in [0.5, 0.6) is 0 Å². The fourth-order valence-electron chi connectivity index (χ4n) is 1.52. The maximum absolute atomic E-state index is 11.1. The smallest absolute Gasteiger partial charge is 0.247 e. The summed E-state index contributed by atoms with van der Waals surface area (Å²) in [6, 6.07) is 8.66. The van der Waals surface area contributed by atoms with Crippen LogP contribution < -0.4 is 10.5 Å². The molecule has 0 amide bonds. The minimum Gasteiger partial charge on any atom is -0.370 e. The van der Waals surface area contributed by atoms with Crippen molar-refractivity contribution < 1.29 is 8.42 Å². The Balaban J connectivity index is 1.89. The Labute approximate surface area is 120 Å². The van der Waals surface area contributed by atoms with Crippen LogP contribution in [-0.2, 0) is 16.4 Å². The Morgan fingerprint density at radius 2 is 2.15 bits per heavy atom. The predicted octanol–water partition coefficient (Wildman–Crippen LogP) is 1.32. The van der Waals surface area contributed by atoms with Crippen molar-refractivity contribution in [1.29, 1.82) is 5.26 Å². The standard InChI is InChI=1S/C12H12N4O2S2/c13-7-9-1-3-11(16-8-9)15-6-5-10-2-4-12(19-10)20(14,17)18/h1-4,8H,5-6H2,(H,15,16)(H2,14,17,18). The molecule has 0 atom stereocenters. The van der Waals surface area contributed by atoms with Crippen LogP contribution >= 0.6 is 11.3 Å². The Morgan fingerprint density at radius 1 is 1.35 bits per heavy atom. The third kappa shape index (κ3) is 3.77. The third-order valence-corrected chi connectivity index (χ3v) is 5.07. The van der Waals surface area contributed by atoms with Gasteiger partial charge in [0.1, 0.15) is 16.1 Å². The van der Waals surface area contributed by atoms with Crippen molar-refractivity contribution in [3.63, 3.8) is 0 Å². The van der Waals surface area contributed by atoms with Crippen LogP contribution in [0.25, 0.3) is 0 Å². The van der Waals surface area contributed by atoms with Gasteiger partial charge in [-0.05, 0) is 30.7 Å². The number of sulfonamides is 1. The molecule has 0 aromatic carbocycles. The summed E-state index contributed by atoms with van der Waals surface area (Å²) < 4.78 is 22.4.